The van der Waals surface area contributed by atoms with E-state index in [9.17, 15) is 0 Å². The molecule has 0 radical (unpaired) electrons. The number of fused-ring (bicyclic) bond motifs is 1. The van der Waals surface area contributed by atoms with Gasteiger partial charge in [0.1, 0.15) is 0 Å². The maximum absolute atomic E-state index is 6.50. The Labute approximate surface area is 104 Å². The van der Waals surface area contributed by atoms with Crippen molar-refractivity contribution in [1.29, 1.82) is 0 Å². The zero-order valence-corrected chi connectivity index (χ0v) is 11.4. The summed E-state index contributed by atoms with van der Waals surface area (Å²) in [6.45, 7) is 9.06. The molecule has 3 unspecified atom stereocenters. The quantitative estimate of drug-likeness (QED) is 0.640. The second-order valence-electron chi connectivity index (χ2n) is 5.61. The molecule has 0 aromatic heterocycles. The maximum Gasteiger partial charge on any atom is 0.0619 e. The molecule has 1 aromatic carbocycles. The van der Waals surface area contributed by atoms with Gasteiger partial charge in [0.15, 0.2) is 0 Å². The first-order chi connectivity index (χ1) is 7.50. The summed E-state index contributed by atoms with van der Waals surface area (Å²) in [5, 5.41) is 0.206. The van der Waals surface area contributed by atoms with Gasteiger partial charge in [0, 0.05) is 0 Å². The molecule has 2 rings (SSSR count). The van der Waals surface area contributed by atoms with Gasteiger partial charge < -0.3 is 0 Å². The molecule has 1 aliphatic rings. The van der Waals surface area contributed by atoms with Crippen LogP contribution in [0.2, 0.25) is 0 Å². The predicted molar refractivity (Wildman–Crippen MR) is 71.2 cm³/mol. The van der Waals surface area contributed by atoms with Gasteiger partial charge in [0.05, 0.1) is 5.38 Å². The van der Waals surface area contributed by atoms with Gasteiger partial charge in [-0.1, -0.05) is 45.9 Å². The van der Waals surface area contributed by atoms with E-state index < -0.39 is 0 Å². The highest BCUT2D eigenvalue weighted by molar-refractivity contribution is 6.21. The van der Waals surface area contributed by atoms with Gasteiger partial charge in [-0.05, 0) is 40.9 Å². The molecular weight excluding hydrogens is 216 g/mol. The summed E-state index contributed by atoms with van der Waals surface area (Å²) < 4.78 is 0. The topological polar surface area (TPSA) is 0 Å². The zero-order valence-electron chi connectivity index (χ0n) is 10.6. The van der Waals surface area contributed by atoms with Gasteiger partial charge >= 0.3 is 0 Å². The Morgan fingerprint density at radius 2 is 1.88 bits per heavy atom. The number of hydrogen-bond acceptors (Lipinski definition) is 0. The Hall–Kier alpha value is -0.490. The van der Waals surface area contributed by atoms with Crippen molar-refractivity contribution < 1.29 is 0 Å². The number of alkyl halides is 1. The van der Waals surface area contributed by atoms with Crippen LogP contribution in [0.4, 0.5) is 0 Å². The summed E-state index contributed by atoms with van der Waals surface area (Å²) in [5.41, 5.74) is 4.26. The van der Waals surface area contributed by atoms with E-state index in [-0.39, 0.29) is 5.38 Å². The minimum atomic E-state index is 0.206. The van der Waals surface area contributed by atoms with Crippen molar-refractivity contribution in [1.82, 2.24) is 0 Å². The molecule has 0 spiro atoms. The van der Waals surface area contributed by atoms with Gasteiger partial charge in [-0.2, -0.15) is 0 Å². The van der Waals surface area contributed by atoms with Gasteiger partial charge in [-0.3, -0.25) is 0 Å². The van der Waals surface area contributed by atoms with Crippen LogP contribution < -0.4 is 0 Å². The van der Waals surface area contributed by atoms with Crippen molar-refractivity contribution in [3.8, 4) is 0 Å². The molecule has 88 valence electrons. The van der Waals surface area contributed by atoms with Crippen molar-refractivity contribution in [3.05, 3.63) is 34.9 Å². The van der Waals surface area contributed by atoms with Crippen LogP contribution in [0.25, 0.3) is 0 Å². The van der Waals surface area contributed by atoms with Crippen molar-refractivity contribution >= 4 is 11.6 Å². The summed E-state index contributed by atoms with van der Waals surface area (Å²) in [7, 11) is 0. The van der Waals surface area contributed by atoms with E-state index in [2.05, 4.69) is 45.9 Å². The van der Waals surface area contributed by atoms with E-state index in [1.165, 1.54) is 16.7 Å². The first-order valence-corrected chi connectivity index (χ1v) is 6.71. The summed E-state index contributed by atoms with van der Waals surface area (Å²) >= 11 is 6.50. The average molecular weight is 237 g/mol. The molecule has 1 aromatic rings. The molecule has 0 N–H and O–H groups in total. The van der Waals surface area contributed by atoms with E-state index in [0.717, 1.165) is 6.42 Å². The molecule has 1 aliphatic carbocycles. The first kappa shape index (κ1) is 12.0. The lowest BCUT2D eigenvalue weighted by Crippen LogP contribution is -2.00. The van der Waals surface area contributed by atoms with E-state index in [1.54, 1.807) is 0 Å². The third-order valence-electron chi connectivity index (χ3n) is 3.83. The Kier molecular flexibility index (Phi) is 3.30. The number of halogens is 1. The third-order valence-corrected chi connectivity index (χ3v) is 4.47. The molecule has 0 aliphatic heterocycles. The van der Waals surface area contributed by atoms with E-state index in [4.69, 9.17) is 11.6 Å². The summed E-state index contributed by atoms with van der Waals surface area (Å²) in [5.74, 6) is 1.87. The second-order valence-corrected chi connectivity index (χ2v) is 6.08. The molecule has 0 saturated heterocycles. The summed E-state index contributed by atoms with van der Waals surface area (Å²) in [6.07, 6.45) is 1.15. The van der Waals surface area contributed by atoms with E-state index >= 15 is 0 Å². The Morgan fingerprint density at radius 3 is 2.50 bits per heavy atom. The summed E-state index contributed by atoms with van der Waals surface area (Å²) in [6, 6.07) is 6.89. The van der Waals surface area contributed by atoms with Crippen LogP contribution in [0.3, 0.4) is 0 Å². The van der Waals surface area contributed by atoms with Crippen LogP contribution in [0.5, 0.6) is 0 Å². The van der Waals surface area contributed by atoms with Crippen molar-refractivity contribution in [2.75, 3.05) is 0 Å². The molecule has 0 fully saturated rings. The highest BCUT2D eigenvalue weighted by Crippen LogP contribution is 2.48. The molecule has 0 heterocycles. The van der Waals surface area contributed by atoms with Crippen LogP contribution in [-0.4, -0.2) is 0 Å². The Morgan fingerprint density at radius 1 is 1.19 bits per heavy atom. The highest BCUT2D eigenvalue weighted by Gasteiger charge is 2.33. The van der Waals surface area contributed by atoms with Crippen LogP contribution in [0.1, 0.15) is 55.7 Å². The van der Waals surface area contributed by atoms with Crippen molar-refractivity contribution in [3.63, 3.8) is 0 Å². The monoisotopic (exact) mass is 236 g/mol. The van der Waals surface area contributed by atoms with Gasteiger partial charge in [-0.25, -0.2) is 0 Å². The third kappa shape index (κ3) is 2.00. The minimum absolute atomic E-state index is 0.206. The lowest BCUT2D eigenvalue weighted by Gasteiger charge is -2.11. The standard InChI is InChI=1S/C15H21Cl/c1-9(2)7-12-5-6-13-10(3)11(4)15(16)14(13)8-12/h5-6,8-11,15H,7H2,1-4H3. The number of rotatable bonds is 2. The fourth-order valence-electron chi connectivity index (χ4n) is 2.70. The second kappa shape index (κ2) is 4.41. The number of hydrogen-bond donors (Lipinski definition) is 0. The Bertz CT molecular complexity index is 381. The smallest absolute Gasteiger partial charge is 0.0619 e. The van der Waals surface area contributed by atoms with Gasteiger partial charge in [-0.15, -0.1) is 11.6 Å². The van der Waals surface area contributed by atoms with E-state index in [1.807, 2.05) is 0 Å². The average Bonchev–Trinajstić information content (AvgIpc) is 2.43. The van der Waals surface area contributed by atoms with Crippen LogP contribution in [-0.2, 0) is 6.42 Å². The fraction of sp³-hybridized carbons (Fsp3) is 0.600. The normalized spacial score (nSPS) is 28.5. The minimum Gasteiger partial charge on any atom is -0.117 e. The number of benzene rings is 1. The van der Waals surface area contributed by atoms with Gasteiger partial charge in [0.2, 0.25) is 0 Å². The molecule has 0 nitrogen and oxygen atoms in total. The lowest BCUT2D eigenvalue weighted by atomic mass is 9.95. The molecular formula is C15H21Cl. The highest BCUT2D eigenvalue weighted by atomic mass is 35.5. The van der Waals surface area contributed by atoms with Crippen molar-refractivity contribution in [2.45, 2.75) is 45.4 Å². The van der Waals surface area contributed by atoms with Crippen LogP contribution >= 0.6 is 11.6 Å². The molecule has 1 heteroatoms. The lowest BCUT2D eigenvalue weighted by molar-refractivity contribution is 0.519. The molecule has 0 bridgehead atoms. The SMILES string of the molecule is CC(C)Cc1ccc2c(c1)C(Cl)C(C)C2C. The molecule has 3 atom stereocenters. The Balaban J connectivity index is 2.34. The van der Waals surface area contributed by atoms with Crippen LogP contribution in [0, 0.1) is 11.8 Å². The predicted octanol–water partition coefficient (Wildman–Crippen LogP) is 4.92. The first-order valence-electron chi connectivity index (χ1n) is 6.27. The van der Waals surface area contributed by atoms with Gasteiger partial charge in [0.25, 0.3) is 0 Å². The molecule has 16 heavy (non-hydrogen) atoms. The largest absolute Gasteiger partial charge is 0.117 e. The molecule has 0 saturated carbocycles. The zero-order chi connectivity index (χ0) is 11.9. The van der Waals surface area contributed by atoms with E-state index in [0.29, 0.717) is 17.8 Å². The summed E-state index contributed by atoms with van der Waals surface area (Å²) in [4.78, 5) is 0. The maximum atomic E-state index is 6.50. The molecule has 0 amide bonds. The van der Waals surface area contributed by atoms with Crippen molar-refractivity contribution in [2.24, 2.45) is 11.8 Å². The van der Waals surface area contributed by atoms with Crippen LogP contribution in [0.15, 0.2) is 18.2 Å². The fourth-order valence-corrected chi connectivity index (χ4v) is 3.10.